The minimum atomic E-state index is -0.386. The Morgan fingerprint density at radius 1 is 1.06 bits per heavy atom. The molecular formula is C26H32N4O2. The molecule has 6 nitrogen and oxygen atoms in total. The molecule has 0 radical (unpaired) electrons. The van der Waals surface area contributed by atoms with Crippen molar-refractivity contribution in [3.8, 4) is 0 Å². The number of benzene rings is 1. The summed E-state index contributed by atoms with van der Waals surface area (Å²) in [6.07, 6.45) is 7.21. The predicted octanol–water partition coefficient (Wildman–Crippen LogP) is 3.91. The normalized spacial score (nSPS) is 22.7. The maximum atomic E-state index is 13.9. The molecule has 0 bridgehead atoms. The molecule has 2 amide bonds. The molecule has 2 aromatic rings. The maximum Gasteiger partial charge on any atom is 0.233 e. The third kappa shape index (κ3) is 3.50. The van der Waals surface area contributed by atoms with Gasteiger partial charge < -0.3 is 4.90 Å². The second kappa shape index (κ2) is 8.30. The Morgan fingerprint density at radius 2 is 1.81 bits per heavy atom. The number of anilines is 1. The van der Waals surface area contributed by atoms with Crippen LogP contribution in [0.2, 0.25) is 0 Å². The molecule has 1 aromatic heterocycles. The molecule has 32 heavy (non-hydrogen) atoms. The Hall–Kier alpha value is -2.76. The van der Waals surface area contributed by atoms with Crippen LogP contribution in [0.15, 0.2) is 30.3 Å². The molecule has 1 atom stereocenters. The number of amides is 2. The van der Waals surface area contributed by atoms with Crippen molar-refractivity contribution in [3.63, 3.8) is 0 Å². The topological polar surface area (TPSA) is 66.4 Å². The van der Waals surface area contributed by atoms with Gasteiger partial charge in [0.25, 0.3) is 0 Å². The van der Waals surface area contributed by atoms with Gasteiger partial charge in [0, 0.05) is 43.7 Å². The molecule has 1 aliphatic carbocycles. The van der Waals surface area contributed by atoms with Crippen LogP contribution in [0.5, 0.6) is 0 Å². The Morgan fingerprint density at radius 3 is 2.56 bits per heavy atom. The summed E-state index contributed by atoms with van der Waals surface area (Å²) in [7, 11) is 1.80. The van der Waals surface area contributed by atoms with Gasteiger partial charge in [-0.1, -0.05) is 43.2 Å². The summed E-state index contributed by atoms with van der Waals surface area (Å²) in [6, 6.07) is 10.3. The third-order valence-corrected chi connectivity index (χ3v) is 7.76. The van der Waals surface area contributed by atoms with E-state index in [1.807, 2.05) is 25.1 Å². The van der Waals surface area contributed by atoms with Crippen LogP contribution in [0.3, 0.4) is 0 Å². The number of aryl methyl sites for hydroxylation is 1. The molecule has 1 aromatic carbocycles. The van der Waals surface area contributed by atoms with Gasteiger partial charge in [0.05, 0.1) is 5.41 Å². The number of piperidine rings is 1. The summed E-state index contributed by atoms with van der Waals surface area (Å²) in [5.74, 6) is 2.02. The second-order valence-corrected chi connectivity index (χ2v) is 9.67. The highest BCUT2D eigenvalue weighted by molar-refractivity contribution is 5.94. The average molecular weight is 433 g/mol. The maximum absolute atomic E-state index is 13.9. The van der Waals surface area contributed by atoms with Crippen LogP contribution < -0.4 is 4.90 Å². The van der Waals surface area contributed by atoms with E-state index in [0.717, 1.165) is 73.5 Å². The zero-order valence-electron chi connectivity index (χ0n) is 19.1. The van der Waals surface area contributed by atoms with Gasteiger partial charge in [0.2, 0.25) is 11.8 Å². The van der Waals surface area contributed by atoms with Crippen molar-refractivity contribution in [1.82, 2.24) is 14.9 Å². The van der Waals surface area contributed by atoms with Crippen molar-refractivity contribution in [1.29, 1.82) is 0 Å². The lowest BCUT2D eigenvalue weighted by Crippen LogP contribution is -2.49. The molecule has 3 aliphatic rings. The predicted molar refractivity (Wildman–Crippen MR) is 124 cm³/mol. The minimum Gasteiger partial charge on any atom is -0.341 e. The quantitative estimate of drug-likeness (QED) is 0.738. The van der Waals surface area contributed by atoms with Gasteiger partial charge in [-0.3, -0.25) is 14.5 Å². The van der Waals surface area contributed by atoms with Crippen molar-refractivity contribution < 1.29 is 9.59 Å². The van der Waals surface area contributed by atoms with Crippen LogP contribution in [0, 0.1) is 6.92 Å². The highest BCUT2D eigenvalue weighted by atomic mass is 16.2. The van der Waals surface area contributed by atoms with Crippen molar-refractivity contribution in [2.45, 2.75) is 69.6 Å². The van der Waals surface area contributed by atoms with Gasteiger partial charge in [-0.2, -0.15) is 0 Å². The van der Waals surface area contributed by atoms with Gasteiger partial charge in [-0.15, -0.1) is 0 Å². The lowest BCUT2D eigenvalue weighted by atomic mass is 9.77. The minimum absolute atomic E-state index is 0.105. The lowest BCUT2D eigenvalue weighted by Gasteiger charge is -2.39. The van der Waals surface area contributed by atoms with Crippen molar-refractivity contribution in [2.75, 3.05) is 25.0 Å². The van der Waals surface area contributed by atoms with E-state index in [9.17, 15) is 9.59 Å². The first-order chi connectivity index (χ1) is 15.5. The van der Waals surface area contributed by atoms with E-state index in [0.29, 0.717) is 19.4 Å². The van der Waals surface area contributed by atoms with Crippen LogP contribution in [-0.4, -0.2) is 46.8 Å². The molecule has 2 aliphatic heterocycles. The molecule has 3 heterocycles. The number of nitrogens with zero attached hydrogens (tertiary/aromatic N) is 4. The Labute approximate surface area is 190 Å². The van der Waals surface area contributed by atoms with Gasteiger partial charge in [-0.25, -0.2) is 9.97 Å². The Kier molecular flexibility index (Phi) is 5.48. The molecule has 0 unspecified atom stereocenters. The molecule has 2 fully saturated rings. The highest BCUT2D eigenvalue weighted by Gasteiger charge is 2.46. The van der Waals surface area contributed by atoms with Crippen LogP contribution in [0.25, 0.3) is 0 Å². The lowest BCUT2D eigenvalue weighted by molar-refractivity contribution is -0.138. The fourth-order valence-electron chi connectivity index (χ4n) is 5.91. The molecule has 1 saturated heterocycles. The Bertz CT molecular complexity index is 1030. The van der Waals surface area contributed by atoms with Gasteiger partial charge in [0.1, 0.15) is 11.6 Å². The van der Waals surface area contributed by atoms with Crippen LogP contribution in [-0.2, 0) is 21.4 Å². The smallest absolute Gasteiger partial charge is 0.233 e. The Balaban J connectivity index is 1.42. The molecular weight excluding hydrogens is 400 g/mol. The van der Waals surface area contributed by atoms with Crippen LogP contribution in [0.1, 0.15) is 73.5 Å². The van der Waals surface area contributed by atoms with E-state index >= 15 is 0 Å². The zero-order chi connectivity index (χ0) is 22.3. The first kappa shape index (κ1) is 21.1. The summed E-state index contributed by atoms with van der Waals surface area (Å²) in [4.78, 5) is 39.6. The molecule has 0 N–H and O–H groups in total. The van der Waals surface area contributed by atoms with E-state index in [1.165, 1.54) is 0 Å². The monoisotopic (exact) mass is 432 g/mol. The van der Waals surface area contributed by atoms with E-state index in [1.54, 1.807) is 11.9 Å². The number of fused-ring (bicyclic) bond motifs is 1. The zero-order valence-corrected chi connectivity index (χ0v) is 19.1. The third-order valence-electron chi connectivity index (χ3n) is 7.76. The highest BCUT2D eigenvalue weighted by Crippen LogP contribution is 2.43. The number of carbonyl (C=O) groups is 2. The summed E-state index contributed by atoms with van der Waals surface area (Å²) < 4.78 is 0. The van der Waals surface area contributed by atoms with Crippen molar-refractivity contribution >= 4 is 17.6 Å². The molecule has 1 saturated carbocycles. The molecule has 168 valence electrons. The van der Waals surface area contributed by atoms with Crippen LogP contribution >= 0.6 is 0 Å². The number of rotatable bonds is 3. The van der Waals surface area contributed by atoms with Crippen LogP contribution in [0.4, 0.5) is 5.82 Å². The summed E-state index contributed by atoms with van der Waals surface area (Å²) in [6.45, 7) is 3.47. The second-order valence-electron chi connectivity index (χ2n) is 9.67. The average Bonchev–Trinajstić information content (AvgIpc) is 3.33. The van der Waals surface area contributed by atoms with E-state index < -0.39 is 0 Å². The van der Waals surface area contributed by atoms with Crippen molar-refractivity contribution in [2.24, 2.45) is 0 Å². The number of aromatic nitrogens is 2. The number of hydrogen-bond acceptors (Lipinski definition) is 4. The fourth-order valence-corrected chi connectivity index (χ4v) is 5.91. The number of likely N-dealkylation sites (tertiary alicyclic amines) is 1. The first-order valence-electron chi connectivity index (χ1n) is 12.0. The SMILES string of the molecule is Cc1nc([C@@H]2CCCN(C(=O)C3(c4ccccc4)CCCC3)C2)nc2c1CCC(=O)N2C. The largest absolute Gasteiger partial charge is 0.341 e. The van der Waals surface area contributed by atoms with E-state index in [-0.39, 0.29) is 23.1 Å². The number of hydrogen-bond donors (Lipinski definition) is 0. The van der Waals surface area contributed by atoms with E-state index in [4.69, 9.17) is 9.97 Å². The fraction of sp³-hybridized carbons (Fsp3) is 0.538. The molecule has 0 spiro atoms. The molecule has 5 rings (SSSR count). The van der Waals surface area contributed by atoms with Gasteiger partial charge >= 0.3 is 0 Å². The summed E-state index contributed by atoms with van der Waals surface area (Å²) in [5.41, 5.74) is 2.81. The van der Waals surface area contributed by atoms with Gasteiger partial charge in [0.15, 0.2) is 0 Å². The molecule has 6 heteroatoms. The summed E-state index contributed by atoms with van der Waals surface area (Å²) >= 11 is 0. The van der Waals surface area contributed by atoms with Crippen molar-refractivity contribution in [3.05, 3.63) is 53.0 Å². The number of carbonyl (C=O) groups excluding carboxylic acids is 2. The van der Waals surface area contributed by atoms with E-state index in [2.05, 4.69) is 17.0 Å². The first-order valence-corrected chi connectivity index (χ1v) is 12.0. The standard InChI is InChI=1S/C26H32N4O2/c1-18-21-12-13-22(31)29(2)24(21)28-23(27-18)19-9-8-16-30(17-19)25(32)26(14-6-7-15-26)20-10-4-3-5-11-20/h3-5,10-11,19H,6-9,12-17H2,1-2H3/t19-/m1/s1. The van der Waals surface area contributed by atoms with Gasteiger partial charge in [-0.05, 0) is 44.6 Å². The summed E-state index contributed by atoms with van der Waals surface area (Å²) in [5, 5.41) is 0.